The van der Waals surface area contributed by atoms with Gasteiger partial charge >= 0.3 is 0 Å². The molecule has 7 nitrogen and oxygen atoms in total. The third kappa shape index (κ3) is 3.77. The van der Waals surface area contributed by atoms with Crippen molar-refractivity contribution < 1.29 is 18.0 Å². The van der Waals surface area contributed by atoms with E-state index in [9.17, 15) is 18.0 Å². The van der Waals surface area contributed by atoms with E-state index in [1.807, 2.05) is 18.2 Å². The molecule has 0 spiro atoms. The SMILES string of the molecule is O=C(Nc1ccccc1I)C1=NN([C@@H]2CCS(=O)(=O)C2)C(=O)CC1. The summed E-state index contributed by atoms with van der Waals surface area (Å²) in [5.41, 5.74) is 0.927. The Morgan fingerprint density at radius 3 is 2.71 bits per heavy atom. The number of benzene rings is 1. The molecule has 2 aliphatic heterocycles. The summed E-state index contributed by atoms with van der Waals surface area (Å²) in [4.78, 5) is 24.5. The molecular weight excluding hydrogens is 445 g/mol. The molecule has 1 aromatic rings. The van der Waals surface area contributed by atoms with Gasteiger partial charge in [-0.15, -0.1) is 0 Å². The molecule has 1 aromatic carbocycles. The maximum absolute atomic E-state index is 12.4. The molecule has 0 unspecified atom stereocenters. The number of para-hydroxylation sites is 1. The molecule has 0 aliphatic carbocycles. The van der Waals surface area contributed by atoms with E-state index in [1.54, 1.807) is 6.07 Å². The molecule has 0 saturated carbocycles. The number of carbonyl (C=O) groups excluding carboxylic acids is 2. The van der Waals surface area contributed by atoms with Gasteiger partial charge in [-0.25, -0.2) is 13.4 Å². The Morgan fingerprint density at radius 1 is 1.29 bits per heavy atom. The minimum atomic E-state index is -3.12. The highest BCUT2D eigenvalue weighted by atomic mass is 127. The van der Waals surface area contributed by atoms with E-state index >= 15 is 0 Å². The summed E-state index contributed by atoms with van der Waals surface area (Å²) in [5, 5.41) is 8.14. The van der Waals surface area contributed by atoms with Crippen LogP contribution in [0.15, 0.2) is 29.4 Å². The first-order valence-corrected chi connectivity index (χ1v) is 10.4. The van der Waals surface area contributed by atoms with Crippen LogP contribution in [0.5, 0.6) is 0 Å². The van der Waals surface area contributed by atoms with E-state index in [-0.39, 0.29) is 41.9 Å². The van der Waals surface area contributed by atoms with E-state index < -0.39 is 15.9 Å². The lowest BCUT2D eigenvalue weighted by molar-refractivity contribution is -0.133. The Kier molecular flexibility index (Phi) is 4.90. The summed E-state index contributed by atoms with van der Waals surface area (Å²) in [6.45, 7) is 0. The number of nitrogens with zero attached hydrogens (tertiary/aromatic N) is 2. The molecule has 2 heterocycles. The smallest absolute Gasteiger partial charge is 0.271 e. The molecule has 1 fully saturated rings. The summed E-state index contributed by atoms with van der Waals surface area (Å²) in [6, 6.07) is 6.88. The third-order valence-corrected chi connectivity index (χ3v) is 6.69. The number of hydrogen-bond acceptors (Lipinski definition) is 5. The highest BCUT2D eigenvalue weighted by Gasteiger charge is 2.37. The van der Waals surface area contributed by atoms with Gasteiger partial charge in [-0.2, -0.15) is 5.10 Å². The molecule has 1 saturated heterocycles. The first-order valence-electron chi connectivity index (χ1n) is 7.51. The number of hydrazone groups is 1. The van der Waals surface area contributed by atoms with Crippen molar-refractivity contribution in [3.05, 3.63) is 27.8 Å². The van der Waals surface area contributed by atoms with Crippen LogP contribution >= 0.6 is 22.6 Å². The van der Waals surface area contributed by atoms with E-state index in [1.165, 1.54) is 5.01 Å². The summed E-state index contributed by atoms with van der Waals surface area (Å²) >= 11 is 2.12. The van der Waals surface area contributed by atoms with Crippen molar-refractivity contribution in [2.24, 2.45) is 5.10 Å². The Hall–Kier alpha value is -1.49. The van der Waals surface area contributed by atoms with E-state index in [4.69, 9.17) is 0 Å². The number of rotatable bonds is 3. The van der Waals surface area contributed by atoms with Gasteiger partial charge in [0.1, 0.15) is 5.71 Å². The minimum Gasteiger partial charge on any atom is -0.320 e. The molecule has 3 rings (SSSR count). The van der Waals surface area contributed by atoms with Crippen molar-refractivity contribution >= 4 is 55.6 Å². The fraction of sp³-hybridized carbons (Fsp3) is 0.400. The number of carbonyl (C=O) groups is 2. The minimum absolute atomic E-state index is 0.0563. The van der Waals surface area contributed by atoms with Crippen LogP contribution in [0.2, 0.25) is 0 Å². The molecular formula is C15H16IN3O4S. The van der Waals surface area contributed by atoms with Crippen LogP contribution in [0.4, 0.5) is 5.69 Å². The second-order valence-corrected chi connectivity index (χ2v) is 9.17. The van der Waals surface area contributed by atoms with Gasteiger partial charge in [0.15, 0.2) is 9.84 Å². The van der Waals surface area contributed by atoms with Gasteiger partial charge in [0.05, 0.1) is 23.2 Å². The molecule has 2 aliphatic rings. The second kappa shape index (κ2) is 6.79. The maximum atomic E-state index is 12.4. The average molecular weight is 461 g/mol. The zero-order chi connectivity index (χ0) is 17.3. The zero-order valence-electron chi connectivity index (χ0n) is 12.7. The highest BCUT2D eigenvalue weighted by Crippen LogP contribution is 2.23. The third-order valence-electron chi connectivity index (χ3n) is 4.00. The van der Waals surface area contributed by atoms with Crippen molar-refractivity contribution in [1.82, 2.24) is 5.01 Å². The molecule has 0 bridgehead atoms. The average Bonchev–Trinajstić information content (AvgIpc) is 2.90. The monoisotopic (exact) mass is 461 g/mol. The largest absolute Gasteiger partial charge is 0.320 e. The van der Waals surface area contributed by atoms with Crippen LogP contribution in [0.3, 0.4) is 0 Å². The lowest BCUT2D eigenvalue weighted by Gasteiger charge is -2.27. The molecule has 1 N–H and O–H groups in total. The Bertz CT molecular complexity index is 822. The Morgan fingerprint density at radius 2 is 2.04 bits per heavy atom. The number of hydrogen-bond donors (Lipinski definition) is 1. The lowest BCUT2D eigenvalue weighted by Crippen LogP contribution is -2.42. The summed E-state index contributed by atoms with van der Waals surface area (Å²) < 4.78 is 24.1. The van der Waals surface area contributed by atoms with Gasteiger partial charge in [0.2, 0.25) is 5.91 Å². The van der Waals surface area contributed by atoms with Crippen molar-refractivity contribution in [2.75, 3.05) is 16.8 Å². The predicted molar refractivity (Wildman–Crippen MR) is 98.4 cm³/mol. The summed E-state index contributed by atoms with van der Waals surface area (Å²) in [5.74, 6) is -0.630. The molecule has 24 heavy (non-hydrogen) atoms. The van der Waals surface area contributed by atoms with Gasteiger partial charge < -0.3 is 5.32 Å². The Labute approximate surface area is 153 Å². The molecule has 0 radical (unpaired) electrons. The number of sulfone groups is 1. The second-order valence-electron chi connectivity index (χ2n) is 5.78. The zero-order valence-corrected chi connectivity index (χ0v) is 15.7. The van der Waals surface area contributed by atoms with Crippen molar-refractivity contribution in [1.29, 1.82) is 0 Å². The van der Waals surface area contributed by atoms with Crippen LogP contribution < -0.4 is 5.32 Å². The number of nitrogens with one attached hydrogen (secondary N) is 1. The number of anilines is 1. The van der Waals surface area contributed by atoms with Crippen LogP contribution in [-0.4, -0.2) is 48.5 Å². The fourth-order valence-electron chi connectivity index (χ4n) is 2.75. The van der Waals surface area contributed by atoms with Gasteiger partial charge in [-0.05, 0) is 41.1 Å². The van der Waals surface area contributed by atoms with E-state index in [2.05, 4.69) is 33.0 Å². The normalized spacial score (nSPS) is 23.0. The quantitative estimate of drug-likeness (QED) is 0.689. The van der Waals surface area contributed by atoms with E-state index in [0.29, 0.717) is 12.1 Å². The standard InChI is InChI=1S/C15H16IN3O4S/c16-11-3-1-2-4-12(11)17-15(21)13-5-6-14(20)19(18-13)10-7-8-24(22,23)9-10/h1-4,10H,5-9H2,(H,17,21)/t10-/m1/s1. The first kappa shape index (κ1) is 17.3. The van der Waals surface area contributed by atoms with Crippen LogP contribution in [0, 0.1) is 3.57 Å². The van der Waals surface area contributed by atoms with Crippen molar-refractivity contribution in [3.63, 3.8) is 0 Å². The van der Waals surface area contributed by atoms with Gasteiger partial charge in [0.25, 0.3) is 5.91 Å². The van der Waals surface area contributed by atoms with Crippen LogP contribution in [0.1, 0.15) is 19.3 Å². The predicted octanol–water partition coefficient (Wildman–Crippen LogP) is 1.40. The summed E-state index contributed by atoms with van der Waals surface area (Å²) in [6.07, 6.45) is 0.780. The Balaban J connectivity index is 1.78. The first-order chi connectivity index (χ1) is 11.4. The van der Waals surface area contributed by atoms with Crippen LogP contribution in [-0.2, 0) is 19.4 Å². The molecule has 2 amide bonds. The number of amides is 2. The van der Waals surface area contributed by atoms with Crippen molar-refractivity contribution in [2.45, 2.75) is 25.3 Å². The summed E-state index contributed by atoms with van der Waals surface area (Å²) in [7, 11) is -3.12. The van der Waals surface area contributed by atoms with Gasteiger partial charge in [-0.3, -0.25) is 9.59 Å². The molecule has 1 atom stereocenters. The topological polar surface area (TPSA) is 95.9 Å². The number of halogens is 1. The van der Waals surface area contributed by atoms with Gasteiger partial charge in [0, 0.05) is 16.4 Å². The van der Waals surface area contributed by atoms with Crippen molar-refractivity contribution in [3.8, 4) is 0 Å². The van der Waals surface area contributed by atoms with E-state index in [0.717, 1.165) is 3.57 Å². The molecule has 0 aromatic heterocycles. The van der Waals surface area contributed by atoms with Gasteiger partial charge in [-0.1, -0.05) is 12.1 Å². The molecule has 9 heteroatoms. The van der Waals surface area contributed by atoms with Crippen LogP contribution in [0.25, 0.3) is 0 Å². The highest BCUT2D eigenvalue weighted by molar-refractivity contribution is 14.1. The maximum Gasteiger partial charge on any atom is 0.271 e. The molecule has 128 valence electrons. The lowest BCUT2D eigenvalue weighted by atomic mass is 10.1. The fourth-order valence-corrected chi connectivity index (χ4v) is 4.96.